The minimum absolute atomic E-state index is 0.196. The number of hydrogen-bond donors (Lipinski definition) is 2. The third-order valence-corrected chi connectivity index (χ3v) is 6.36. The van der Waals surface area contributed by atoms with E-state index < -0.39 is 0 Å². The molecule has 1 amide bonds. The van der Waals surface area contributed by atoms with E-state index in [1.165, 1.54) is 0 Å². The summed E-state index contributed by atoms with van der Waals surface area (Å²) in [5.41, 5.74) is 11.7. The molecule has 0 aliphatic carbocycles. The Hall–Kier alpha value is -3.68. The van der Waals surface area contributed by atoms with Crippen molar-refractivity contribution in [3.05, 3.63) is 76.9 Å². The molecular weight excluding hydrogens is 472 g/mol. The van der Waals surface area contributed by atoms with Crippen LogP contribution in [0.1, 0.15) is 22.3 Å². The number of fused-ring (bicyclic) bond motifs is 1. The Morgan fingerprint density at radius 3 is 2.61 bits per heavy atom. The molecule has 0 saturated heterocycles. The van der Waals surface area contributed by atoms with Crippen LogP contribution in [0.25, 0.3) is 22.0 Å². The molecule has 3 N–H and O–H groups in total. The summed E-state index contributed by atoms with van der Waals surface area (Å²) < 4.78 is 0. The molecule has 0 saturated carbocycles. The smallest absolute Gasteiger partial charge is 0.255 e. The molecule has 0 aliphatic heterocycles. The standard InChI is InChI=1S/C28H31ClN6O/c1-18-6-7-20(15-23(18)19-8-10-24-21(14-19)17-31-28(30)33-24)27(36)32-25-16-22(29)9-11-26(25)35(4)13-5-12-34(2)3/h6-11,14-17H,5,12-13H2,1-4H3,(H,32,36)(H2,30,31,33). The predicted molar refractivity (Wildman–Crippen MR) is 150 cm³/mol. The van der Waals surface area contributed by atoms with Gasteiger partial charge in [-0.1, -0.05) is 23.7 Å². The highest BCUT2D eigenvalue weighted by Gasteiger charge is 2.15. The second-order valence-corrected chi connectivity index (χ2v) is 9.66. The number of rotatable bonds is 8. The molecule has 36 heavy (non-hydrogen) atoms. The number of aryl methyl sites for hydroxylation is 1. The largest absolute Gasteiger partial charge is 0.373 e. The van der Waals surface area contributed by atoms with E-state index in [1.807, 2.05) is 62.5 Å². The van der Waals surface area contributed by atoms with Crippen LogP contribution in [0.15, 0.2) is 60.8 Å². The normalized spacial score (nSPS) is 11.2. The maximum atomic E-state index is 13.3. The first-order valence-corrected chi connectivity index (χ1v) is 12.2. The zero-order chi connectivity index (χ0) is 25.8. The van der Waals surface area contributed by atoms with Crippen molar-refractivity contribution in [3.8, 4) is 11.1 Å². The minimum atomic E-state index is -0.196. The lowest BCUT2D eigenvalue weighted by Gasteiger charge is -2.24. The minimum Gasteiger partial charge on any atom is -0.373 e. The molecule has 1 aromatic heterocycles. The molecule has 4 rings (SSSR count). The molecule has 0 radical (unpaired) electrons. The van der Waals surface area contributed by atoms with Crippen molar-refractivity contribution in [3.63, 3.8) is 0 Å². The van der Waals surface area contributed by atoms with E-state index in [0.717, 1.165) is 52.8 Å². The lowest BCUT2D eigenvalue weighted by molar-refractivity contribution is 0.102. The first-order valence-electron chi connectivity index (χ1n) is 11.8. The van der Waals surface area contributed by atoms with Gasteiger partial charge in [0, 0.05) is 35.8 Å². The molecule has 0 atom stereocenters. The molecule has 0 bridgehead atoms. The van der Waals surface area contributed by atoms with Gasteiger partial charge in [-0.05, 0) is 93.1 Å². The van der Waals surface area contributed by atoms with Crippen molar-refractivity contribution < 1.29 is 4.79 Å². The summed E-state index contributed by atoms with van der Waals surface area (Å²) in [6.45, 7) is 3.87. The number of nitrogens with one attached hydrogen (secondary N) is 1. The molecule has 186 valence electrons. The van der Waals surface area contributed by atoms with Gasteiger partial charge in [0.2, 0.25) is 5.95 Å². The number of nitrogens with two attached hydrogens (primary N) is 1. The molecule has 0 unspecified atom stereocenters. The Bertz CT molecular complexity index is 1400. The molecule has 3 aromatic carbocycles. The van der Waals surface area contributed by atoms with Crippen LogP contribution >= 0.6 is 11.6 Å². The van der Waals surface area contributed by atoms with Gasteiger partial charge < -0.3 is 20.9 Å². The van der Waals surface area contributed by atoms with E-state index in [2.05, 4.69) is 39.2 Å². The predicted octanol–water partition coefficient (Wildman–Crippen LogP) is 5.48. The quantitative estimate of drug-likeness (QED) is 0.331. The Kier molecular flexibility index (Phi) is 7.72. The first kappa shape index (κ1) is 25.4. The van der Waals surface area contributed by atoms with Crippen LogP contribution in [0.2, 0.25) is 5.02 Å². The van der Waals surface area contributed by atoms with E-state index in [9.17, 15) is 4.79 Å². The number of benzene rings is 3. The van der Waals surface area contributed by atoms with Gasteiger partial charge >= 0.3 is 0 Å². The Morgan fingerprint density at radius 1 is 1.03 bits per heavy atom. The second-order valence-electron chi connectivity index (χ2n) is 9.23. The number of halogens is 1. The summed E-state index contributed by atoms with van der Waals surface area (Å²) in [7, 11) is 6.15. The molecule has 0 spiro atoms. The number of carbonyl (C=O) groups is 1. The van der Waals surface area contributed by atoms with Crippen LogP contribution in [0.4, 0.5) is 17.3 Å². The van der Waals surface area contributed by atoms with Crippen molar-refractivity contribution in [1.29, 1.82) is 0 Å². The van der Waals surface area contributed by atoms with E-state index >= 15 is 0 Å². The highest BCUT2D eigenvalue weighted by atomic mass is 35.5. The van der Waals surface area contributed by atoms with Gasteiger partial charge in [-0.3, -0.25) is 4.79 Å². The summed E-state index contributed by atoms with van der Waals surface area (Å²) in [5, 5.41) is 4.53. The highest BCUT2D eigenvalue weighted by molar-refractivity contribution is 6.31. The van der Waals surface area contributed by atoms with Crippen LogP contribution in [0.3, 0.4) is 0 Å². The third kappa shape index (κ3) is 5.93. The van der Waals surface area contributed by atoms with Crippen molar-refractivity contribution in [2.75, 3.05) is 50.2 Å². The second kappa shape index (κ2) is 10.9. The summed E-state index contributed by atoms with van der Waals surface area (Å²) in [6.07, 6.45) is 2.72. The Labute approximate surface area is 216 Å². The zero-order valence-corrected chi connectivity index (χ0v) is 21.8. The molecule has 0 aliphatic rings. The van der Waals surface area contributed by atoms with Crippen LogP contribution in [-0.4, -0.2) is 55.0 Å². The van der Waals surface area contributed by atoms with Crippen molar-refractivity contribution >= 4 is 45.7 Å². The van der Waals surface area contributed by atoms with E-state index in [1.54, 1.807) is 12.3 Å². The Balaban J connectivity index is 1.60. The summed E-state index contributed by atoms with van der Waals surface area (Å²) in [6, 6.07) is 17.2. The number of carbonyl (C=O) groups excluding carboxylic acids is 1. The fourth-order valence-electron chi connectivity index (χ4n) is 4.17. The molecule has 4 aromatic rings. The average Bonchev–Trinajstić information content (AvgIpc) is 2.83. The van der Waals surface area contributed by atoms with Crippen LogP contribution in [0.5, 0.6) is 0 Å². The fourth-order valence-corrected chi connectivity index (χ4v) is 4.34. The maximum absolute atomic E-state index is 13.3. The monoisotopic (exact) mass is 502 g/mol. The summed E-state index contributed by atoms with van der Waals surface area (Å²) >= 11 is 6.29. The van der Waals surface area contributed by atoms with Gasteiger partial charge in [-0.2, -0.15) is 0 Å². The maximum Gasteiger partial charge on any atom is 0.255 e. The van der Waals surface area contributed by atoms with Gasteiger partial charge in [-0.15, -0.1) is 0 Å². The number of aromatic nitrogens is 2. The summed E-state index contributed by atoms with van der Waals surface area (Å²) in [5.74, 6) is 0.0483. The first-order chi connectivity index (χ1) is 17.2. The topological polar surface area (TPSA) is 87.4 Å². The van der Waals surface area contributed by atoms with Crippen LogP contribution < -0.4 is 16.0 Å². The number of anilines is 3. The lowest BCUT2D eigenvalue weighted by atomic mass is 9.97. The van der Waals surface area contributed by atoms with Gasteiger partial charge in [0.25, 0.3) is 5.91 Å². The number of nitrogens with zero attached hydrogens (tertiary/aromatic N) is 4. The van der Waals surface area contributed by atoms with Crippen LogP contribution in [0, 0.1) is 6.92 Å². The molecular formula is C28H31ClN6O. The molecule has 0 fully saturated rings. The lowest BCUT2D eigenvalue weighted by Crippen LogP contribution is -2.24. The van der Waals surface area contributed by atoms with Gasteiger partial charge in [0.15, 0.2) is 0 Å². The van der Waals surface area contributed by atoms with Crippen molar-refractivity contribution in [2.24, 2.45) is 0 Å². The summed E-state index contributed by atoms with van der Waals surface area (Å²) in [4.78, 5) is 26.0. The average molecular weight is 503 g/mol. The number of nitrogen functional groups attached to an aromatic ring is 1. The fraction of sp³-hybridized carbons (Fsp3) is 0.250. The SMILES string of the molecule is Cc1ccc(C(=O)Nc2cc(Cl)ccc2N(C)CCCN(C)C)cc1-c1ccc2nc(N)ncc2c1. The number of amides is 1. The van der Waals surface area contributed by atoms with Crippen LogP contribution in [-0.2, 0) is 0 Å². The van der Waals surface area contributed by atoms with E-state index in [4.69, 9.17) is 17.3 Å². The van der Waals surface area contributed by atoms with E-state index in [0.29, 0.717) is 16.3 Å². The van der Waals surface area contributed by atoms with Gasteiger partial charge in [0.05, 0.1) is 16.9 Å². The van der Waals surface area contributed by atoms with Gasteiger partial charge in [-0.25, -0.2) is 9.97 Å². The molecule has 1 heterocycles. The highest BCUT2D eigenvalue weighted by Crippen LogP contribution is 2.31. The van der Waals surface area contributed by atoms with Crippen molar-refractivity contribution in [1.82, 2.24) is 14.9 Å². The van der Waals surface area contributed by atoms with E-state index in [-0.39, 0.29) is 11.9 Å². The molecule has 7 nitrogen and oxygen atoms in total. The molecule has 8 heteroatoms. The third-order valence-electron chi connectivity index (χ3n) is 6.13. The van der Waals surface area contributed by atoms with Crippen molar-refractivity contribution in [2.45, 2.75) is 13.3 Å². The van der Waals surface area contributed by atoms with Gasteiger partial charge in [0.1, 0.15) is 0 Å². The Morgan fingerprint density at radius 2 is 1.83 bits per heavy atom. The zero-order valence-electron chi connectivity index (χ0n) is 21.0. The number of hydrogen-bond acceptors (Lipinski definition) is 6.